The summed E-state index contributed by atoms with van der Waals surface area (Å²) < 4.78 is 0. The summed E-state index contributed by atoms with van der Waals surface area (Å²) in [7, 11) is 0. The first-order valence-electron chi connectivity index (χ1n) is 6.53. The van der Waals surface area contributed by atoms with E-state index < -0.39 is 11.5 Å². The van der Waals surface area contributed by atoms with Crippen LogP contribution in [-0.4, -0.2) is 34.6 Å². The van der Waals surface area contributed by atoms with Gasteiger partial charge in [0, 0.05) is 6.42 Å². The molecular weight excluding hydrogens is 216 g/mol. The average Bonchev–Trinajstić information content (AvgIpc) is 2.70. The lowest BCUT2D eigenvalue weighted by atomic mass is 9.90. The summed E-state index contributed by atoms with van der Waals surface area (Å²) in [6, 6.07) is 2.13. The number of nitrogens with zero attached hydrogens (tertiary/aromatic N) is 2. The molecule has 1 rings (SSSR count). The first-order chi connectivity index (χ1) is 8.17. The zero-order valence-electron chi connectivity index (χ0n) is 10.6. The lowest BCUT2D eigenvalue weighted by Gasteiger charge is -2.34. The van der Waals surface area contributed by atoms with Gasteiger partial charge in [-0.15, -0.1) is 0 Å². The smallest absolute Gasteiger partial charge is 0.324 e. The molecule has 0 amide bonds. The van der Waals surface area contributed by atoms with Crippen molar-refractivity contribution in [2.24, 2.45) is 0 Å². The second kappa shape index (κ2) is 6.61. The van der Waals surface area contributed by atoms with Crippen LogP contribution in [0.3, 0.4) is 0 Å². The Morgan fingerprint density at radius 1 is 1.53 bits per heavy atom. The molecule has 4 nitrogen and oxygen atoms in total. The van der Waals surface area contributed by atoms with Crippen LogP contribution >= 0.6 is 0 Å². The van der Waals surface area contributed by atoms with Crippen LogP contribution in [-0.2, 0) is 4.79 Å². The van der Waals surface area contributed by atoms with Gasteiger partial charge >= 0.3 is 5.97 Å². The maximum absolute atomic E-state index is 11.5. The van der Waals surface area contributed by atoms with Crippen LogP contribution < -0.4 is 0 Å². The summed E-state index contributed by atoms with van der Waals surface area (Å²) in [5, 5.41) is 17.9. The van der Waals surface area contributed by atoms with Crippen molar-refractivity contribution in [3.05, 3.63) is 0 Å². The average molecular weight is 238 g/mol. The standard InChI is InChI=1S/C13H22N2O2/c1-2-7-13(12(16)17)8-6-11-15(13)10-5-3-4-9-14/h2-8,10-11H2,1H3,(H,16,17). The van der Waals surface area contributed by atoms with Crippen molar-refractivity contribution in [1.29, 1.82) is 5.26 Å². The van der Waals surface area contributed by atoms with E-state index in [1.165, 1.54) is 0 Å². The Hall–Kier alpha value is -1.08. The summed E-state index contributed by atoms with van der Waals surface area (Å²) in [6.45, 7) is 3.74. The van der Waals surface area contributed by atoms with Crippen LogP contribution in [0.2, 0.25) is 0 Å². The molecule has 1 atom stereocenters. The van der Waals surface area contributed by atoms with Gasteiger partial charge in [0.15, 0.2) is 0 Å². The molecule has 1 saturated heterocycles. The van der Waals surface area contributed by atoms with E-state index in [2.05, 4.69) is 11.0 Å². The number of aliphatic carboxylic acids is 1. The van der Waals surface area contributed by atoms with Crippen molar-refractivity contribution in [3.8, 4) is 6.07 Å². The molecule has 0 bridgehead atoms. The predicted octanol–water partition coefficient (Wildman–Crippen LogP) is 2.40. The van der Waals surface area contributed by atoms with E-state index in [1.54, 1.807) is 0 Å². The number of carboxylic acid groups (broad SMARTS) is 1. The molecule has 1 fully saturated rings. The molecular formula is C13H22N2O2. The SMILES string of the molecule is CCCC1(C(=O)O)CCCN1CCCCC#N. The number of nitriles is 1. The number of hydrogen-bond acceptors (Lipinski definition) is 3. The highest BCUT2D eigenvalue weighted by Crippen LogP contribution is 2.34. The molecule has 0 aromatic rings. The maximum Gasteiger partial charge on any atom is 0.324 e. The quantitative estimate of drug-likeness (QED) is 0.692. The molecule has 4 heteroatoms. The van der Waals surface area contributed by atoms with Crippen molar-refractivity contribution in [2.75, 3.05) is 13.1 Å². The van der Waals surface area contributed by atoms with Crippen molar-refractivity contribution >= 4 is 5.97 Å². The summed E-state index contributed by atoms with van der Waals surface area (Å²) >= 11 is 0. The molecule has 1 aliphatic rings. The lowest BCUT2D eigenvalue weighted by molar-refractivity contribution is -0.150. The van der Waals surface area contributed by atoms with Crippen molar-refractivity contribution in [2.45, 2.75) is 57.4 Å². The Bertz CT molecular complexity index is 298. The molecule has 0 saturated carbocycles. The number of likely N-dealkylation sites (tertiary alicyclic amines) is 1. The topological polar surface area (TPSA) is 64.3 Å². The highest BCUT2D eigenvalue weighted by Gasteiger charge is 2.46. The van der Waals surface area contributed by atoms with Gasteiger partial charge in [-0.3, -0.25) is 9.69 Å². The molecule has 1 aliphatic heterocycles. The first kappa shape index (κ1) is 14.0. The largest absolute Gasteiger partial charge is 0.480 e. The second-order valence-electron chi connectivity index (χ2n) is 4.79. The van der Waals surface area contributed by atoms with E-state index in [-0.39, 0.29) is 0 Å². The Balaban J connectivity index is 2.56. The van der Waals surface area contributed by atoms with E-state index in [4.69, 9.17) is 5.26 Å². The summed E-state index contributed by atoms with van der Waals surface area (Å²) in [5.74, 6) is -0.669. The summed E-state index contributed by atoms with van der Waals surface area (Å²) in [5.41, 5.74) is -0.624. The first-order valence-corrected chi connectivity index (χ1v) is 6.53. The molecule has 1 unspecified atom stereocenters. The number of carbonyl (C=O) groups is 1. The lowest BCUT2D eigenvalue weighted by Crippen LogP contribution is -2.50. The summed E-state index contributed by atoms with van der Waals surface area (Å²) in [6.07, 6.45) is 5.75. The molecule has 0 aromatic carbocycles. The van der Waals surface area contributed by atoms with Crippen molar-refractivity contribution in [3.63, 3.8) is 0 Å². The molecule has 0 aromatic heterocycles. The third-order valence-electron chi connectivity index (χ3n) is 3.65. The van der Waals surface area contributed by atoms with Gasteiger partial charge in [0.25, 0.3) is 0 Å². The maximum atomic E-state index is 11.5. The number of rotatable bonds is 7. The van der Waals surface area contributed by atoms with Gasteiger partial charge in [-0.05, 0) is 45.2 Å². The minimum Gasteiger partial charge on any atom is -0.480 e. The number of unbranched alkanes of at least 4 members (excludes halogenated alkanes) is 2. The summed E-state index contributed by atoms with van der Waals surface area (Å²) in [4.78, 5) is 13.6. The van der Waals surface area contributed by atoms with E-state index >= 15 is 0 Å². The fourth-order valence-corrected chi connectivity index (χ4v) is 2.81. The van der Waals surface area contributed by atoms with Gasteiger partial charge in [-0.1, -0.05) is 13.3 Å². The third-order valence-corrected chi connectivity index (χ3v) is 3.65. The minimum atomic E-state index is -0.669. The van der Waals surface area contributed by atoms with Gasteiger partial charge in [-0.2, -0.15) is 5.26 Å². The Labute approximate surface area is 103 Å². The highest BCUT2D eigenvalue weighted by atomic mass is 16.4. The number of carboxylic acids is 1. The highest BCUT2D eigenvalue weighted by molar-refractivity contribution is 5.79. The molecule has 17 heavy (non-hydrogen) atoms. The van der Waals surface area contributed by atoms with Gasteiger partial charge in [0.2, 0.25) is 0 Å². The van der Waals surface area contributed by atoms with Crippen molar-refractivity contribution < 1.29 is 9.90 Å². The molecule has 1 heterocycles. The third kappa shape index (κ3) is 3.19. The molecule has 1 N–H and O–H groups in total. The van der Waals surface area contributed by atoms with E-state index in [0.29, 0.717) is 6.42 Å². The fourth-order valence-electron chi connectivity index (χ4n) is 2.81. The van der Waals surface area contributed by atoms with E-state index in [0.717, 1.165) is 51.6 Å². The van der Waals surface area contributed by atoms with Crippen LogP contribution in [0, 0.1) is 11.3 Å². The molecule has 0 aliphatic carbocycles. The minimum absolute atomic E-state index is 0.571. The van der Waals surface area contributed by atoms with Gasteiger partial charge in [0.1, 0.15) is 5.54 Å². The zero-order valence-corrected chi connectivity index (χ0v) is 10.6. The van der Waals surface area contributed by atoms with Crippen LogP contribution in [0.4, 0.5) is 0 Å². The monoisotopic (exact) mass is 238 g/mol. The molecule has 0 radical (unpaired) electrons. The van der Waals surface area contributed by atoms with Gasteiger partial charge in [0.05, 0.1) is 6.07 Å². The number of hydrogen-bond donors (Lipinski definition) is 1. The van der Waals surface area contributed by atoms with Crippen LogP contribution in [0.15, 0.2) is 0 Å². The Kier molecular flexibility index (Phi) is 5.43. The Morgan fingerprint density at radius 2 is 2.29 bits per heavy atom. The fraction of sp³-hybridized carbons (Fsp3) is 0.846. The van der Waals surface area contributed by atoms with Crippen molar-refractivity contribution in [1.82, 2.24) is 4.90 Å². The normalized spacial score (nSPS) is 24.7. The van der Waals surface area contributed by atoms with E-state index in [1.807, 2.05) is 6.92 Å². The second-order valence-corrected chi connectivity index (χ2v) is 4.79. The van der Waals surface area contributed by atoms with Crippen LogP contribution in [0.5, 0.6) is 0 Å². The van der Waals surface area contributed by atoms with Gasteiger partial charge < -0.3 is 5.11 Å². The molecule has 0 spiro atoms. The predicted molar refractivity (Wildman–Crippen MR) is 65.5 cm³/mol. The zero-order chi connectivity index (χ0) is 12.7. The van der Waals surface area contributed by atoms with E-state index in [9.17, 15) is 9.90 Å². The van der Waals surface area contributed by atoms with Gasteiger partial charge in [-0.25, -0.2) is 0 Å². The molecule has 96 valence electrons. The van der Waals surface area contributed by atoms with Crippen LogP contribution in [0.25, 0.3) is 0 Å². The van der Waals surface area contributed by atoms with Crippen LogP contribution in [0.1, 0.15) is 51.9 Å². The Morgan fingerprint density at radius 3 is 2.88 bits per heavy atom.